The fourth-order valence-corrected chi connectivity index (χ4v) is 5.27. The van der Waals surface area contributed by atoms with Crippen LogP contribution >= 0.6 is 0 Å². The number of rotatable bonds is 4. The number of halogens is 4. The summed E-state index contributed by atoms with van der Waals surface area (Å²) in [5.41, 5.74) is 0.844. The highest BCUT2D eigenvalue weighted by atomic mass is 19.4. The number of likely N-dealkylation sites (tertiary alicyclic amines) is 1. The zero-order valence-corrected chi connectivity index (χ0v) is 21.1. The van der Waals surface area contributed by atoms with Gasteiger partial charge in [0.1, 0.15) is 5.82 Å². The molecule has 0 N–H and O–H groups in total. The third-order valence-corrected chi connectivity index (χ3v) is 6.88. The SMILES string of the molecule is CC(C)(C)Cc1ccc(C(=O)N2CCC3(CC2)CN(CC(F)(F)F)CC(c2ccccc2)O3)cc1F. The summed E-state index contributed by atoms with van der Waals surface area (Å²) in [5.74, 6) is -0.665. The standard InChI is InChI=1S/C28H34F4N2O2/c1-26(2,3)16-22-10-9-21(15-23(22)29)25(35)34-13-11-27(12-14-34)18-33(19-28(30,31)32)17-24(36-27)20-7-5-4-6-8-20/h4-10,15,24H,11-14,16-19H2,1-3H3. The zero-order chi connectivity index (χ0) is 26.1. The molecule has 2 aliphatic heterocycles. The van der Waals surface area contributed by atoms with Crippen LogP contribution in [0.4, 0.5) is 17.6 Å². The predicted molar refractivity (Wildman–Crippen MR) is 130 cm³/mol. The van der Waals surface area contributed by atoms with E-state index in [9.17, 15) is 22.4 Å². The van der Waals surface area contributed by atoms with Gasteiger partial charge >= 0.3 is 6.18 Å². The van der Waals surface area contributed by atoms with Crippen molar-refractivity contribution in [2.24, 2.45) is 5.41 Å². The van der Waals surface area contributed by atoms with Crippen LogP contribution in [0.15, 0.2) is 48.5 Å². The Labute approximate surface area is 210 Å². The summed E-state index contributed by atoms with van der Waals surface area (Å²) in [4.78, 5) is 16.2. The van der Waals surface area contributed by atoms with Crippen LogP contribution in [0.25, 0.3) is 0 Å². The number of morpholine rings is 1. The van der Waals surface area contributed by atoms with Crippen LogP contribution in [-0.2, 0) is 11.2 Å². The lowest BCUT2D eigenvalue weighted by Gasteiger charge is -2.50. The van der Waals surface area contributed by atoms with E-state index < -0.39 is 30.2 Å². The zero-order valence-electron chi connectivity index (χ0n) is 21.1. The lowest BCUT2D eigenvalue weighted by atomic mass is 9.87. The molecule has 196 valence electrons. The van der Waals surface area contributed by atoms with Crippen LogP contribution < -0.4 is 0 Å². The van der Waals surface area contributed by atoms with E-state index in [4.69, 9.17) is 4.74 Å². The predicted octanol–water partition coefficient (Wildman–Crippen LogP) is 6.02. The Bertz CT molecular complexity index is 1060. The fourth-order valence-electron chi connectivity index (χ4n) is 5.27. The topological polar surface area (TPSA) is 32.8 Å². The molecule has 0 aromatic heterocycles. The van der Waals surface area contributed by atoms with Crippen molar-refractivity contribution < 1.29 is 27.1 Å². The second kappa shape index (κ2) is 10.1. The first-order valence-corrected chi connectivity index (χ1v) is 12.4. The van der Waals surface area contributed by atoms with Gasteiger partial charge in [-0.3, -0.25) is 9.69 Å². The molecule has 0 radical (unpaired) electrons. The van der Waals surface area contributed by atoms with Crippen LogP contribution in [0.3, 0.4) is 0 Å². The van der Waals surface area contributed by atoms with Gasteiger partial charge in [0, 0.05) is 31.7 Å². The molecule has 2 aliphatic rings. The molecule has 2 aromatic carbocycles. The molecule has 2 aromatic rings. The highest BCUT2D eigenvalue weighted by Crippen LogP contribution is 2.39. The molecule has 1 spiro atoms. The van der Waals surface area contributed by atoms with Crippen molar-refractivity contribution in [2.45, 2.75) is 57.9 Å². The maximum atomic E-state index is 14.7. The first kappa shape index (κ1) is 26.6. The first-order chi connectivity index (χ1) is 16.8. The number of hydrogen-bond donors (Lipinski definition) is 0. The van der Waals surface area contributed by atoms with Crippen molar-refractivity contribution in [2.75, 3.05) is 32.7 Å². The molecule has 4 nitrogen and oxygen atoms in total. The number of hydrogen-bond acceptors (Lipinski definition) is 3. The molecule has 0 aliphatic carbocycles. The van der Waals surface area contributed by atoms with E-state index in [-0.39, 0.29) is 30.0 Å². The maximum absolute atomic E-state index is 14.7. The van der Waals surface area contributed by atoms with Crippen molar-refractivity contribution >= 4 is 5.91 Å². The van der Waals surface area contributed by atoms with E-state index in [0.717, 1.165) is 5.56 Å². The van der Waals surface area contributed by atoms with Crippen molar-refractivity contribution in [3.63, 3.8) is 0 Å². The number of carbonyl (C=O) groups is 1. The van der Waals surface area contributed by atoms with Gasteiger partial charge in [-0.1, -0.05) is 57.2 Å². The number of nitrogens with zero attached hydrogens (tertiary/aromatic N) is 2. The number of piperidine rings is 1. The van der Waals surface area contributed by atoms with Gasteiger partial charge in [-0.2, -0.15) is 13.2 Å². The van der Waals surface area contributed by atoms with E-state index >= 15 is 0 Å². The molecular formula is C28H34F4N2O2. The summed E-state index contributed by atoms with van der Waals surface area (Å²) in [7, 11) is 0. The van der Waals surface area contributed by atoms with Crippen molar-refractivity contribution in [3.05, 3.63) is 71.0 Å². The quantitative estimate of drug-likeness (QED) is 0.475. The number of carbonyl (C=O) groups excluding carboxylic acids is 1. The van der Waals surface area contributed by atoms with Crippen LogP contribution in [0, 0.1) is 11.2 Å². The molecule has 1 amide bonds. The number of alkyl halides is 3. The van der Waals surface area contributed by atoms with E-state index in [1.807, 2.05) is 51.1 Å². The van der Waals surface area contributed by atoms with Gasteiger partial charge in [0.15, 0.2) is 0 Å². The molecule has 2 heterocycles. The number of amides is 1. The Balaban J connectivity index is 1.46. The summed E-state index contributed by atoms with van der Waals surface area (Å²) in [6.45, 7) is 6.09. The Morgan fingerprint density at radius 1 is 1.06 bits per heavy atom. The summed E-state index contributed by atoms with van der Waals surface area (Å²) < 4.78 is 60.9. The summed E-state index contributed by atoms with van der Waals surface area (Å²) in [6.07, 6.45) is -3.38. The maximum Gasteiger partial charge on any atom is 0.401 e. The minimum absolute atomic E-state index is 0.0782. The first-order valence-electron chi connectivity index (χ1n) is 12.4. The Morgan fingerprint density at radius 3 is 2.31 bits per heavy atom. The average molecular weight is 507 g/mol. The van der Waals surface area contributed by atoms with Crippen LogP contribution in [0.2, 0.25) is 0 Å². The summed E-state index contributed by atoms with van der Waals surface area (Å²) in [5, 5.41) is 0. The summed E-state index contributed by atoms with van der Waals surface area (Å²) in [6, 6.07) is 13.9. The normalized spacial score (nSPS) is 21.1. The van der Waals surface area contributed by atoms with Crippen LogP contribution in [0.1, 0.15) is 61.2 Å². The highest BCUT2D eigenvalue weighted by molar-refractivity contribution is 5.94. The minimum Gasteiger partial charge on any atom is -0.364 e. The molecule has 0 bridgehead atoms. The largest absolute Gasteiger partial charge is 0.401 e. The third kappa shape index (κ3) is 6.65. The van der Waals surface area contributed by atoms with Gasteiger partial charge < -0.3 is 9.64 Å². The van der Waals surface area contributed by atoms with Crippen LogP contribution in [-0.4, -0.2) is 60.2 Å². The minimum atomic E-state index is -4.31. The van der Waals surface area contributed by atoms with E-state index in [1.165, 1.54) is 11.0 Å². The fraction of sp³-hybridized carbons (Fsp3) is 0.536. The van der Waals surface area contributed by atoms with Gasteiger partial charge in [0.25, 0.3) is 5.91 Å². The van der Waals surface area contributed by atoms with Crippen molar-refractivity contribution in [1.29, 1.82) is 0 Å². The molecule has 2 saturated heterocycles. The van der Waals surface area contributed by atoms with Crippen molar-refractivity contribution in [1.82, 2.24) is 9.80 Å². The third-order valence-electron chi connectivity index (χ3n) is 6.88. The lowest BCUT2D eigenvalue weighted by Crippen LogP contribution is -2.59. The molecule has 36 heavy (non-hydrogen) atoms. The molecule has 8 heteroatoms. The monoisotopic (exact) mass is 506 g/mol. The Morgan fingerprint density at radius 2 is 1.72 bits per heavy atom. The van der Waals surface area contributed by atoms with Crippen molar-refractivity contribution in [3.8, 4) is 0 Å². The molecule has 1 unspecified atom stereocenters. The van der Waals surface area contributed by atoms with E-state index in [1.54, 1.807) is 17.0 Å². The average Bonchev–Trinajstić information content (AvgIpc) is 2.79. The molecule has 4 rings (SSSR count). The van der Waals surface area contributed by atoms with E-state index in [2.05, 4.69) is 0 Å². The van der Waals surface area contributed by atoms with Gasteiger partial charge in [-0.15, -0.1) is 0 Å². The molecular weight excluding hydrogens is 472 g/mol. The van der Waals surface area contributed by atoms with Crippen LogP contribution in [0.5, 0.6) is 0 Å². The smallest absolute Gasteiger partial charge is 0.364 e. The lowest BCUT2D eigenvalue weighted by molar-refractivity contribution is -0.205. The van der Waals surface area contributed by atoms with Gasteiger partial charge in [0.05, 0.1) is 18.2 Å². The second-order valence-electron chi connectivity index (χ2n) is 11.3. The highest BCUT2D eigenvalue weighted by Gasteiger charge is 2.46. The number of ether oxygens (including phenoxy) is 1. The Hall–Kier alpha value is -2.45. The molecule has 1 atom stereocenters. The number of benzene rings is 2. The molecule has 2 fully saturated rings. The van der Waals surface area contributed by atoms with Gasteiger partial charge in [0.2, 0.25) is 0 Å². The molecule has 0 saturated carbocycles. The van der Waals surface area contributed by atoms with Gasteiger partial charge in [-0.05, 0) is 47.9 Å². The second-order valence-corrected chi connectivity index (χ2v) is 11.3. The van der Waals surface area contributed by atoms with Gasteiger partial charge in [-0.25, -0.2) is 4.39 Å². The van der Waals surface area contributed by atoms with E-state index in [0.29, 0.717) is 37.9 Å². The summed E-state index contributed by atoms with van der Waals surface area (Å²) >= 11 is 0. The Kier molecular flexibility index (Phi) is 7.49.